The van der Waals surface area contributed by atoms with E-state index in [1.54, 1.807) is 22.7 Å². The van der Waals surface area contributed by atoms with E-state index < -0.39 is 26.9 Å². The van der Waals surface area contributed by atoms with Crippen molar-refractivity contribution in [1.82, 2.24) is 19.6 Å². The van der Waals surface area contributed by atoms with E-state index in [0.29, 0.717) is 32.5 Å². The van der Waals surface area contributed by atoms with Gasteiger partial charge in [0.05, 0.1) is 17.5 Å². The topological polar surface area (TPSA) is 92.6 Å². The maximum absolute atomic E-state index is 12.9. The van der Waals surface area contributed by atoms with Crippen molar-refractivity contribution in [3.8, 4) is 0 Å². The second kappa shape index (κ2) is 8.00. The maximum atomic E-state index is 12.9. The minimum absolute atomic E-state index is 0.116. The van der Waals surface area contributed by atoms with Gasteiger partial charge in [0.15, 0.2) is 9.84 Å². The first kappa shape index (κ1) is 19.9. The van der Waals surface area contributed by atoms with Crippen LogP contribution in [0.2, 0.25) is 0 Å². The van der Waals surface area contributed by atoms with E-state index in [-0.39, 0.29) is 11.8 Å². The van der Waals surface area contributed by atoms with Crippen LogP contribution >= 0.6 is 0 Å². The quantitative estimate of drug-likeness (QED) is 0.708. The molecule has 0 saturated carbocycles. The molecule has 1 aromatic heterocycles. The van der Waals surface area contributed by atoms with Gasteiger partial charge in [0.25, 0.3) is 0 Å². The lowest BCUT2D eigenvalue weighted by Crippen LogP contribution is -2.51. The normalized spacial score (nSPS) is 22.1. The molecular weight excluding hydrogens is 368 g/mol. The zero-order chi connectivity index (χ0) is 19.6. The highest BCUT2D eigenvalue weighted by Gasteiger charge is 2.37. The molecule has 0 radical (unpaired) electrons. The highest BCUT2D eigenvalue weighted by atomic mass is 32.2. The summed E-state index contributed by atoms with van der Waals surface area (Å²) in [6.07, 6.45) is 7.16. The Labute approximate surface area is 160 Å². The Morgan fingerprint density at radius 3 is 2.41 bits per heavy atom. The van der Waals surface area contributed by atoms with Crippen molar-refractivity contribution in [2.24, 2.45) is 7.05 Å². The summed E-state index contributed by atoms with van der Waals surface area (Å²) >= 11 is 0. The maximum Gasteiger partial charge on any atom is 0.312 e. The second-order valence-electron chi connectivity index (χ2n) is 7.40. The predicted molar refractivity (Wildman–Crippen MR) is 101 cm³/mol. The summed E-state index contributed by atoms with van der Waals surface area (Å²) in [6, 6.07) is -0.123. The molecule has 3 heterocycles. The Kier molecular flexibility index (Phi) is 5.88. The van der Waals surface area contributed by atoms with Crippen molar-refractivity contribution in [3.05, 3.63) is 18.0 Å². The van der Waals surface area contributed by atoms with Gasteiger partial charge in [0, 0.05) is 44.2 Å². The monoisotopic (exact) mass is 396 g/mol. The fourth-order valence-electron chi connectivity index (χ4n) is 4.05. The van der Waals surface area contributed by atoms with Crippen molar-refractivity contribution in [1.29, 1.82) is 0 Å². The number of likely N-dealkylation sites (tertiary alicyclic amines) is 2. The zero-order valence-corrected chi connectivity index (χ0v) is 16.8. The summed E-state index contributed by atoms with van der Waals surface area (Å²) in [5, 5.41) is 3.78. The van der Waals surface area contributed by atoms with Crippen molar-refractivity contribution in [2.45, 2.75) is 50.3 Å². The summed E-state index contributed by atoms with van der Waals surface area (Å²) in [7, 11) is -1.26. The largest absolute Gasteiger partial charge is 0.334 e. The van der Waals surface area contributed by atoms with Gasteiger partial charge in [0.1, 0.15) is 0 Å². The third-order valence-corrected chi connectivity index (χ3v) is 7.99. The molecule has 0 aliphatic carbocycles. The van der Waals surface area contributed by atoms with E-state index in [1.165, 1.54) is 4.90 Å². The highest BCUT2D eigenvalue weighted by molar-refractivity contribution is 7.92. The Balaban J connectivity index is 1.67. The molecule has 2 aliphatic heterocycles. The molecule has 0 aromatic carbocycles. The van der Waals surface area contributed by atoms with Gasteiger partial charge in [0.2, 0.25) is 0 Å². The Bertz CT molecular complexity index is 796. The molecule has 9 heteroatoms. The van der Waals surface area contributed by atoms with Crippen LogP contribution in [0.1, 0.15) is 50.6 Å². The molecule has 0 bridgehead atoms. The number of aryl methyl sites for hydroxylation is 1. The van der Waals surface area contributed by atoms with E-state index in [2.05, 4.69) is 5.10 Å². The van der Waals surface area contributed by atoms with Crippen molar-refractivity contribution in [2.75, 3.05) is 25.4 Å². The highest BCUT2D eigenvalue weighted by Crippen LogP contribution is 2.31. The smallest absolute Gasteiger partial charge is 0.312 e. The van der Waals surface area contributed by atoms with E-state index in [4.69, 9.17) is 0 Å². The number of amides is 2. The minimum Gasteiger partial charge on any atom is -0.334 e. The number of aromatic nitrogens is 2. The van der Waals surface area contributed by atoms with Gasteiger partial charge in [-0.05, 0) is 32.1 Å². The van der Waals surface area contributed by atoms with Crippen LogP contribution in [-0.2, 0) is 26.5 Å². The third kappa shape index (κ3) is 4.17. The van der Waals surface area contributed by atoms with Crippen molar-refractivity contribution >= 4 is 21.7 Å². The molecule has 1 atom stereocenters. The van der Waals surface area contributed by atoms with Gasteiger partial charge in [-0.2, -0.15) is 5.10 Å². The Morgan fingerprint density at radius 1 is 1.11 bits per heavy atom. The van der Waals surface area contributed by atoms with Gasteiger partial charge in [-0.1, -0.05) is 6.92 Å². The van der Waals surface area contributed by atoms with Gasteiger partial charge in [-0.15, -0.1) is 0 Å². The molecule has 3 rings (SSSR count). The van der Waals surface area contributed by atoms with Gasteiger partial charge in [-0.3, -0.25) is 14.3 Å². The third-order valence-electron chi connectivity index (χ3n) is 5.70. The summed E-state index contributed by atoms with van der Waals surface area (Å²) < 4.78 is 25.8. The predicted octanol–water partition coefficient (Wildman–Crippen LogP) is 0.899. The van der Waals surface area contributed by atoms with E-state index in [9.17, 15) is 18.0 Å². The zero-order valence-electron chi connectivity index (χ0n) is 16.0. The number of hydrogen-bond donors (Lipinski definition) is 0. The summed E-state index contributed by atoms with van der Waals surface area (Å²) in [6.45, 7) is 2.84. The molecule has 2 saturated heterocycles. The molecule has 8 nitrogen and oxygen atoms in total. The number of rotatable bonds is 3. The average molecular weight is 397 g/mol. The second-order valence-corrected chi connectivity index (χ2v) is 9.97. The number of carbonyl (C=O) groups excluding carboxylic acids is 2. The lowest BCUT2D eigenvalue weighted by Gasteiger charge is -2.37. The van der Waals surface area contributed by atoms with Crippen molar-refractivity contribution in [3.63, 3.8) is 0 Å². The molecule has 2 fully saturated rings. The molecule has 2 amide bonds. The Morgan fingerprint density at radius 2 is 1.81 bits per heavy atom. The first-order chi connectivity index (χ1) is 12.8. The van der Waals surface area contributed by atoms with Crippen LogP contribution in [0, 0.1) is 0 Å². The fraction of sp³-hybridized carbons (Fsp3) is 0.722. The standard InChI is InChI=1S/C18H28N4O4S/c1-3-27(25,26)15-7-10-21(11-8-15)17(23)18(24)22-9-5-4-6-16(22)14-12-19-20(2)13-14/h12-13,15-16H,3-11H2,1-2H3. The molecule has 27 heavy (non-hydrogen) atoms. The number of nitrogens with zero attached hydrogens (tertiary/aromatic N) is 4. The van der Waals surface area contributed by atoms with Crippen LogP contribution < -0.4 is 0 Å². The van der Waals surface area contributed by atoms with Crippen LogP contribution in [0.3, 0.4) is 0 Å². The van der Waals surface area contributed by atoms with Gasteiger partial charge in [-0.25, -0.2) is 8.42 Å². The van der Waals surface area contributed by atoms with E-state index in [1.807, 2.05) is 13.2 Å². The number of sulfone groups is 1. The van der Waals surface area contributed by atoms with Crippen LogP contribution in [0.15, 0.2) is 12.4 Å². The molecule has 1 aromatic rings. The Hall–Kier alpha value is -1.90. The van der Waals surface area contributed by atoms with E-state index >= 15 is 0 Å². The number of carbonyl (C=O) groups is 2. The van der Waals surface area contributed by atoms with Crippen LogP contribution in [0.25, 0.3) is 0 Å². The lowest BCUT2D eigenvalue weighted by atomic mass is 9.97. The van der Waals surface area contributed by atoms with Crippen LogP contribution in [0.4, 0.5) is 0 Å². The minimum atomic E-state index is -3.10. The molecule has 0 N–H and O–H groups in total. The summed E-state index contributed by atoms with van der Waals surface area (Å²) in [5.74, 6) is -0.885. The first-order valence-corrected chi connectivity index (χ1v) is 11.3. The lowest BCUT2D eigenvalue weighted by molar-refractivity contribution is -0.154. The van der Waals surface area contributed by atoms with E-state index in [0.717, 1.165) is 24.8 Å². The number of hydrogen-bond acceptors (Lipinski definition) is 5. The number of piperidine rings is 2. The average Bonchev–Trinajstić information content (AvgIpc) is 3.13. The SMILES string of the molecule is CCS(=O)(=O)C1CCN(C(=O)C(=O)N2CCCCC2c2cnn(C)c2)CC1. The summed E-state index contributed by atoms with van der Waals surface area (Å²) in [5.41, 5.74) is 0.950. The molecule has 150 valence electrons. The van der Waals surface area contributed by atoms with Gasteiger partial charge < -0.3 is 9.80 Å². The first-order valence-electron chi connectivity index (χ1n) is 9.63. The van der Waals surface area contributed by atoms with Crippen LogP contribution in [-0.4, -0.2) is 70.4 Å². The van der Waals surface area contributed by atoms with Crippen LogP contribution in [0.5, 0.6) is 0 Å². The molecule has 0 spiro atoms. The fourth-order valence-corrected chi connectivity index (χ4v) is 5.45. The molecular formula is C18H28N4O4S. The molecule has 2 aliphatic rings. The molecule has 1 unspecified atom stereocenters. The van der Waals surface area contributed by atoms with Crippen molar-refractivity contribution < 1.29 is 18.0 Å². The van der Waals surface area contributed by atoms with Gasteiger partial charge >= 0.3 is 11.8 Å². The summed E-state index contributed by atoms with van der Waals surface area (Å²) in [4.78, 5) is 28.9.